The Labute approximate surface area is 230 Å². The van der Waals surface area contributed by atoms with Gasteiger partial charge in [-0.2, -0.15) is 5.26 Å². The largest absolute Gasteiger partial charge is 0.348 e. The van der Waals surface area contributed by atoms with Crippen LogP contribution < -0.4 is 0 Å². The van der Waals surface area contributed by atoms with Crippen molar-refractivity contribution in [3.05, 3.63) is 23.8 Å². The average molecular weight is 521 g/mol. The van der Waals surface area contributed by atoms with Gasteiger partial charge in [-0.3, -0.25) is 14.4 Å². The van der Waals surface area contributed by atoms with Crippen molar-refractivity contribution in [1.29, 1.82) is 5.26 Å². The van der Waals surface area contributed by atoms with E-state index in [1.807, 2.05) is 33.2 Å². The predicted molar refractivity (Wildman–Crippen MR) is 150 cm³/mol. The van der Waals surface area contributed by atoms with E-state index in [1.165, 1.54) is 0 Å². The minimum Gasteiger partial charge on any atom is -0.348 e. The van der Waals surface area contributed by atoms with E-state index >= 15 is 0 Å². The lowest BCUT2D eigenvalue weighted by Crippen LogP contribution is -2.65. The molecule has 0 saturated heterocycles. The molecule has 0 aliphatic heterocycles. The molecule has 7 atom stereocenters. The highest BCUT2D eigenvalue weighted by Crippen LogP contribution is 2.73. The molecule has 0 bridgehead atoms. The van der Waals surface area contributed by atoms with Crippen LogP contribution in [-0.4, -0.2) is 36.5 Å². The lowest BCUT2D eigenvalue weighted by Gasteiger charge is -2.68. The Morgan fingerprint density at radius 3 is 2.24 bits per heavy atom. The van der Waals surface area contributed by atoms with Crippen LogP contribution in [0.1, 0.15) is 93.4 Å². The van der Waals surface area contributed by atoms with Gasteiger partial charge < -0.3 is 4.90 Å². The number of fused-ring (bicyclic) bond motifs is 5. The van der Waals surface area contributed by atoms with Crippen LogP contribution in [0.15, 0.2) is 23.8 Å². The molecule has 0 N–H and O–H groups in total. The summed E-state index contributed by atoms with van der Waals surface area (Å²) in [6, 6.07) is 1.94. The number of Topliss-reactive ketones (excluding diaryl/α,β-unsaturated/α-hetero) is 1. The van der Waals surface area contributed by atoms with Crippen LogP contribution in [0.2, 0.25) is 0 Å². The van der Waals surface area contributed by atoms with Crippen molar-refractivity contribution in [2.75, 3.05) is 14.1 Å². The van der Waals surface area contributed by atoms with E-state index in [1.54, 1.807) is 4.90 Å². The van der Waals surface area contributed by atoms with Gasteiger partial charge in [-0.15, -0.1) is 0 Å². The molecule has 3 fully saturated rings. The Hall–Kier alpha value is -2.22. The van der Waals surface area contributed by atoms with Crippen molar-refractivity contribution in [3.8, 4) is 6.07 Å². The molecular weight excluding hydrogens is 472 g/mol. The molecule has 3 saturated carbocycles. The van der Waals surface area contributed by atoms with Gasteiger partial charge in [-0.1, -0.05) is 60.6 Å². The molecule has 2 unspecified atom stereocenters. The maximum atomic E-state index is 14.4. The Morgan fingerprint density at radius 2 is 1.66 bits per heavy atom. The monoisotopic (exact) mass is 520 g/mol. The molecule has 0 aromatic heterocycles. The summed E-state index contributed by atoms with van der Waals surface area (Å²) in [6.07, 6.45) is 8.13. The summed E-state index contributed by atoms with van der Waals surface area (Å²) in [4.78, 5) is 42.9. The molecule has 4 aliphatic carbocycles. The minimum atomic E-state index is -0.466. The van der Waals surface area contributed by atoms with Crippen LogP contribution in [0.4, 0.5) is 0 Å². The normalized spacial score (nSPS) is 39.8. The first-order valence-electron chi connectivity index (χ1n) is 14.5. The molecule has 4 aliphatic rings. The Morgan fingerprint density at radius 1 is 1.05 bits per heavy atom. The number of hydrogen-bond acceptors (Lipinski definition) is 4. The number of rotatable bonds is 4. The first-order valence-corrected chi connectivity index (χ1v) is 14.5. The summed E-state index contributed by atoms with van der Waals surface area (Å²) >= 11 is 0. The maximum absolute atomic E-state index is 14.4. The second-order valence-electron chi connectivity index (χ2n) is 15.1. The molecule has 4 rings (SSSR count). The SMILES string of the molecule is C=C(C#N)C(=O)[C@@H](C)[C@@H]1CC[C@]2(C)C(=CC(=O)C3C4CC(C)(C)CC[C@]4(C(=O)N(C)C)CC[C@]32C)C1(C)C. The first kappa shape index (κ1) is 28.8. The van der Waals surface area contributed by atoms with Gasteiger partial charge in [0.25, 0.3) is 0 Å². The molecule has 5 nitrogen and oxygen atoms in total. The van der Waals surface area contributed by atoms with Crippen molar-refractivity contribution < 1.29 is 14.4 Å². The van der Waals surface area contributed by atoms with Crippen LogP contribution in [0, 0.1) is 62.1 Å². The van der Waals surface area contributed by atoms with Gasteiger partial charge in [-0.25, -0.2) is 0 Å². The number of carbonyl (C=O) groups is 3. The fourth-order valence-electron chi connectivity index (χ4n) is 9.83. The summed E-state index contributed by atoms with van der Waals surface area (Å²) in [5.74, 6) is -0.275. The van der Waals surface area contributed by atoms with Crippen LogP contribution in [0.3, 0.4) is 0 Å². The summed E-state index contributed by atoms with van der Waals surface area (Å²) in [5, 5.41) is 9.28. The maximum Gasteiger partial charge on any atom is 0.228 e. The third-order valence-corrected chi connectivity index (χ3v) is 12.2. The van der Waals surface area contributed by atoms with Crippen LogP contribution in [-0.2, 0) is 14.4 Å². The zero-order valence-corrected chi connectivity index (χ0v) is 25.2. The number of nitriles is 1. The number of nitrogens with zero attached hydrogens (tertiary/aromatic N) is 2. The van der Waals surface area contributed by atoms with Crippen molar-refractivity contribution >= 4 is 17.5 Å². The van der Waals surface area contributed by atoms with E-state index in [0.717, 1.165) is 50.5 Å². The lowest BCUT2D eigenvalue weighted by atomic mass is 9.35. The van der Waals surface area contributed by atoms with E-state index in [2.05, 4.69) is 48.1 Å². The van der Waals surface area contributed by atoms with E-state index in [9.17, 15) is 19.6 Å². The molecule has 0 aromatic rings. The van der Waals surface area contributed by atoms with Gasteiger partial charge in [0, 0.05) is 25.9 Å². The number of carbonyl (C=O) groups excluding carboxylic acids is 3. The van der Waals surface area contributed by atoms with E-state index in [4.69, 9.17) is 0 Å². The molecular formula is C33H48N2O3. The summed E-state index contributed by atoms with van der Waals surface area (Å²) in [7, 11) is 3.72. The van der Waals surface area contributed by atoms with Crippen LogP contribution in [0.25, 0.3) is 0 Å². The average Bonchev–Trinajstić information content (AvgIpc) is 2.83. The number of amides is 1. The highest BCUT2D eigenvalue weighted by atomic mass is 16.2. The zero-order chi connectivity index (χ0) is 28.6. The predicted octanol–water partition coefficient (Wildman–Crippen LogP) is 6.54. The number of allylic oxidation sites excluding steroid dienone is 3. The molecule has 1 amide bonds. The van der Waals surface area contributed by atoms with Gasteiger partial charge in [0.2, 0.25) is 5.91 Å². The standard InChI is InChI=1S/C33H48N2O3/c1-20(19-34)27(37)21(2)22-11-12-31(7)25(30(22,5)6)17-24(36)26-23-18-29(3,4)13-15-33(23,28(38)35(9)10)16-14-32(26,31)8/h17,21-23,26H,1,11-16,18H2,2-10H3/t21-,22-,23?,26?,31+,32+,33-/m0/s1. The molecule has 0 heterocycles. The van der Waals surface area contributed by atoms with Gasteiger partial charge in [-0.05, 0) is 84.5 Å². The fraction of sp³-hybridized carbons (Fsp3) is 0.758. The Bertz CT molecular complexity index is 1150. The lowest BCUT2D eigenvalue weighted by molar-refractivity contribution is -0.182. The molecule has 0 spiro atoms. The van der Waals surface area contributed by atoms with Crippen molar-refractivity contribution in [3.63, 3.8) is 0 Å². The fourth-order valence-corrected chi connectivity index (χ4v) is 9.83. The van der Waals surface area contributed by atoms with Crippen molar-refractivity contribution in [1.82, 2.24) is 4.90 Å². The Kier molecular flexibility index (Phi) is 6.74. The molecule has 38 heavy (non-hydrogen) atoms. The van der Waals surface area contributed by atoms with Crippen LogP contribution in [0.5, 0.6) is 0 Å². The third-order valence-electron chi connectivity index (χ3n) is 12.2. The van der Waals surface area contributed by atoms with Crippen molar-refractivity contribution in [2.24, 2.45) is 50.7 Å². The molecule has 0 aromatic carbocycles. The first-order chi connectivity index (χ1) is 17.4. The van der Waals surface area contributed by atoms with Gasteiger partial charge in [0.15, 0.2) is 11.6 Å². The quantitative estimate of drug-likeness (QED) is 0.311. The van der Waals surface area contributed by atoms with Crippen molar-refractivity contribution in [2.45, 2.75) is 93.4 Å². The third kappa shape index (κ3) is 3.80. The highest BCUT2D eigenvalue weighted by Gasteiger charge is 2.69. The van der Waals surface area contributed by atoms with Gasteiger partial charge in [0.1, 0.15) is 6.07 Å². The number of hydrogen-bond donors (Lipinski definition) is 0. The minimum absolute atomic E-state index is 0.0106. The van der Waals surface area contributed by atoms with E-state index in [-0.39, 0.29) is 68.4 Å². The van der Waals surface area contributed by atoms with E-state index in [0.29, 0.717) is 0 Å². The second-order valence-corrected chi connectivity index (χ2v) is 15.1. The molecule has 208 valence electrons. The van der Waals surface area contributed by atoms with Gasteiger partial charge in [0.05, 0.1) is 11.0 Å². The smallest absolute Gasteiger partial charge is 0.228 e. The highest BCUT2D eigenvalue weighted by molar-refractivity contribution is 6.00. The van der Waals surface area contributed by atoms with E-state index < -0.39 is 5.41 Å². The summed E-state index contributed by atoms with van der Waals surface area (Å²) < 4.78 is 0. The molecule has 0 radical (unpaired) electrons. The number of ketones is 2. The second kappa shape index (κ2) is 8.90. The molecule has 5 heteroatoms. The van der Waals surface area contributed by atoms with Gasteiger partial charge >= 0.3 is 0 Å². The topological polar surface area (TPSA) is 78.2 Å². The summed E-state index contributed by atoms with van der Waals surface area (Å²) in [5.41, 5.74) is -0.0262. The zero-order valence-electron chi connectivity index (χ0n) is 25.2. The summed E-state index contributed by atoms with van der Waals surface area (Å²) in [6.45, 7) is 19.2. The Balaban J connectivity index is 1.82. The van der Waals surface area contributed by atoms with Crippen LogP contribution >= 0.6 is 0 Å².